The van der Waals surface area contributed by atoms with Crippen LogP contribution in [0.1, 0.15) is 31.4 Å². The van der Waals surface area contributed by atoms with Gasteiger partial charge < -0.3 is 25.8 Å². The second-order valence-electron chi connectivity index (χ2n) is 10.2. The zero-order chi connectivity index (χ0) is 33.3. The van der Waals surface area contributed by atoms with Crippen molar-refractivity contribution in [2.24, 2.45) is 5.92 Å². The van der Waals surface area contributed by atoms with Crippen LogP contribution in [0, 0.1) is 29.2 Å². The highest BCUT2D eigenvalue weighted by molar-refractivity contribution is 6.40. The Kier molecular flexibility index (Phi) is 11.8. The number of carboxylic acid groups (broad SMARTS) is 1. The number of ketones is 1. The number of halogens is 4. The van der Waals surface area contributed by atoms with E-state index >= 15 is 0 Å². The van der Waals surface area contributed by atoms with Crippen molar-refractivity contribution in [1.82, 2.24) is 10.6 Å². The van der Waals surface area contributed by atoms with Crippen LogP contribution in [0.4, 0.5) is 23.2 Å². The number of Topliss-reactive ketones (excluding diaryl/α,β-unsaturated/α-hetero) is 1. The van der Waals surface area contributed by atoms with Crippen LogP contribution in [0.2, 0.25) is 0 Å². The van der Waals surface area contributed by atoms with Crippen LogP contribution >= 0.6 is 0 Å². The maximum Gasteiger partial charge on any atom is 0.313 e. The fourth-order valence-corrected chi connectivity index (χ4v) is 4.14. The molecule has 0 aliphatic rings. The van der Waals surface area contributed by atoms with Gasteiger partial charge in [-0.1, -0.05) is 62.4 Å². The Hall–Kier alpha value is -5.27. The van der Waals surface area contributed by atoms with Gasteiger partial charge in [-0.05, 0) is 29.5 Å². The number of ether oxygens (including phenoxy) is 1. The lowest BCUT2D eigenvalue weighted by Gasteiger charge is -2.24. The quantitative estimate of drug-likeness (QED) is 0.128. The first-order valence-corrected chi connectivity index (χ1v) is 13.5. The third kappa shape index (κ3) is 9.36. The number of carbonyl (C=O) groups excluding carboxylic acids is 4. The minimum absolute atomic E-state index is 0.0725. The van der Waals surface area contributed by atoms with Gasteiger partial charge in [0.15, 0.2) is 23.2 Å². The van der Waals surface area contributed by atoms with Crippen LogP contribution in [0.15, 0.2) is 60.7 Å². The SMILES string of the molecule is CC(C)[C@H](NC(=O)C(=O)Nc1ccccc1Cc1ccccc1)C(=O)N[C@@H](CC(=O)O)C(=O)COc1c(F)c(F)cc(F)c1F. The van der Waals surface area contributed by atoms with E-state index < -0.39 is 89.5 Å². The number of benzene rings is 3. The number of rotatable bonds is 13. The summed E-state index contributed by atoms with van der Waals surface area (Å²) in [5.74, 6) is -15.9. The highest BCUT2D eigenvalue weighted by Gasteiger charge is 2.32. The maximum absolute atomic E-state index is 13.9. The van der Waals surface area contributed by atoms with Crippen molar-refractivity contribution >= 4 is 35.2 Å². The molecule has 10 nitrogen and oxygen atoms in total. The Morgan fingerprint density at radius 1 is 0.822 bits per heavy atom. The number of para-hydroxylation sites is 1. The molecule has 0 radical (unpaired) electrons. The summed E-state index contributed by atoms with van der Waals surface area (Å²) in [7, 11) is 0. The number of carboxylic acids is 1. The Bertz CT molecular complexity index is 1560. The first-order chi connectivity index (χ1) is 21.3. The Morgan fingerprint density at radius 2 is 1.42 bits per heavy atom. The van der Waals surface area contributed by atoms with Gasteiger partial charge >= 0.3 is 17.8 Å². The molecule has 4 N–H and O–H groups in total. The molecule has 2 atom stereocenters. The molecule has 3 amide bonds. The topological polar surface area (TPSA) is 151 Å². The van der Waals surface area contributed by atoms with Crippen molar-refractivity contribution in [2.75, 3.05) is 11.9 Å². The van der Waals surface area contributed by atoms with Crippen LogP contribution in [0.3, 0.4) is 0 Å². The first-order valence-electron chi connectivity index (χ1n) is 13.5. The molecule has 3 aromatic rings. The van der Waals surface area contributed by atoms with Crippen LogP contribution in [0.5, 0.6) is 5.75 Å². The molecule has 3 rings (SSSR count). The standard InChI is InChI=1S/C31H29F4N3O7/c1-16(2)27(38-31(44)30(43)36-21-11-7-6-10-18(21)12-17-8-4-3-5-9-17)29(42)37-22(14-24(40)41)23(39)15-45-28-25(34)19(32)13-20(33)26(28)35/h3-11,13,16,22,27H,12,14-15H2,1-2H3,(H,36,43)(H,37,42)(H,38,44)(H,40,41)/t22-,27-/m0/s1. The van der Waals surface area contributed by atoms with Gasteiger partial charge in [-0.25, -0.2) is 8.78 Å². The molecule has 14 heteroatoms. The number of aliphatic carboxylic acids is 1. The summed E-state index contributed by atoms with van der Waals surface area (Å²) in [6.07, 6.45) is -0.570. The number of amides is 3. The summed E-state index contributed by atoms with van der Waals surface area (Å²) < 4.78 is 59.3. The maximum atomic E-state index is 13.9. The van der Waals surface area contributed by atoms with Crippen molar-refractivity contribution in [3.63, 3.8) is 0 Å². The van der Waals surface area contributed by atoms with Gasteiger partial charge in [0.1, 0.15) is 18.7 Å². The van der Waals surface area contributed by atoms with E-state index in [0.29, 0.717) is 17.7 Å². The van der Waals surface area contributed by atoms with Gasteiger partial charge in [0.2, 0.25) is 17.5 Å². The molecule has 0 spiro atoms. The van der Waals surface area contributed by atoms with Gasteiger partial charge in [0, 0.05) is 11.8 Å². The van der Waals surface area contributed by atoms with Crippen molar-refractivity contribution in [2.45, 2.75) is 38.8 Å². The normalized spacial score (nSPS) is 12.2. The molecule has 45 heavy (non-hydrogen) atoms. The molecule has 0 aliphatic carbocycles. The monoisotopic (exact) mass is 631 g/mol. The van der Waals surface area contributed by atoms with Gasteiger partial charge in [0.25, 0.3) is 0 Å². The van der Waals surface area contributed by atoms with E-state index in [1.807, 2.05) is 30.3 Å². The lowest BCUT2D eigenvalue weighted by atomic mass is 10.0. The van der Waals surface area contributed by atoms with Gasteiger partial charge in [-0.3, -0.25) is 24.0 Å². The van der Waals surface area contributed by atoms with Crippen LogP contribution in [0.25, 0.3) is 0 Å². The molecule has 0 saturated carbocycles. The van der Waals surface area contributed by atoms with E-state index in [-0.39, 0.29) is 6.07 Å². The third-order valence-corrected chi connectivity index (χ3v) is 6.46. The summed E-state index contributed by atoms with van der Waals surface area (Å²) in [6, 6.07) is 12.8. The molecule has 0 aromatic heterocycles. The van der Waals surface area contributed by atoms with E-state index in [0.717, 1.165) is 5.56 Å². The smallest absolute Gasteiger partial charge is 0.313 e. The molecular formula is C31H29F4N3O7. The van der Waals surface area contributed by atoms with Gasteiger partial charge in [-0.2, -0.15) is 8.78 Å². The van der Waals surface area contributed by atoms with Gasteiger partial charge in [0.05, 0.1) is 6.42 Å². The Morgan fingerprint density at radius 3 is 2.02 bits per heavy atom. The van der Waals surface area contributed by atoms with E-state index in [2.05, 4.69) is 20.7 Å². The molecule has 0 fully saturated rings. The number of nitrogens with one attached hydrogen (secondary N) is 3. The zero-order valence-electron chi connectivity index (χ0n) is 24.0. The molecule has 3 aromatic carbocycles. The predicted octanol–water partition coefficient (Wildman–Crippen LogP) is 3.52. The fourth-order valence-electron chi connectivity index (χ4n) is 4.14. The first kappa shape index (κ1) is 34.2. The summed E-state index contributed by atoms with van der Waals surface area (Å²) in [5, 5.41) is 16.1. The number of hydrogen-bond donors (Lipinski definition) is 4. The summed E-state index contributed by atoms with van der Waals surface area (Å²) in [5.41, 5.74) is 2.01. The summed E-state index contributed by atoms with van der Waals surface area (Å²) >= 11 is 0. The number of carbonyl (C=O) groups is 5. The average Bonchev–Trinajstić information content (AvgIpc) is 2.99. The third-order valence-electron chi connectivity index (χ3n) is 6.46. The van der Waals surface area contributed by atoms with E-state index in [1.165, 1.54) is 13.8 Å². The lowest BCUT2D eigenvalue weighted by Crippen LogP contribution is -2.56. The van der Waals surface area contributed by atoms with Gasteiger partial charge in [-0.15, -0.1) is 0 Å². The van der Waals surface area contributed by atoms with E-state index in [9.17, 15) is 46.6 Å². The summed E-state index contributed by atoms with van der Waals surface area (Å²) in [6.45, 7) is 1.72. The van der Waals surface area contributed by atoms with Crippen molar-refractivity contribution in [3.8, 4) is 5.75 Å². The second kappa shape index (κ2) is 15.5. The van der Waals surface area contributed by atoms with E-state index in [4.69, 9.17) is 0 Å². The minimum atomic E-state index is -1.93. The average molecular weight is 632 g/mol. The highest BCUT2D eigenvalue weighted by Crippen LogP contribution is 2.26. The molecular weight excluding hydrogens is 602 g/mol. The van der Waals surface area contributed by atoms with Crippen molar-refractivity contribution < 1.29 is 51.4 Å². The molecule has 0 saturated heterocycles. The molecule has 0 bridgehead atoms. The molecule has 0 heterocycles. The second-order valence-corrected chi connectivity index (χ2v) is 10.2. The summed E-state index contributed by atoms with van der Waals surface area (Å²) in [4.78, 5) is 62.7. The predicted molar refractivity (Wildman–Crippen MR) is 152 cm³/mol. The number of anilines is 1. The fraction of sp³-hybridized carbons (Fsp3) is 0.258. The molecule has 238 valence electrons. The largest absolute Gasteiger partial charge is 0.481 e. The van der Waals surface area contributed by atoms with Crippen molar-refractivity contribution in [1.29, 1.82) is 0 Å². The van der Waals surface area contributed by atoms with Crippen LogP contribution in [-0.4, -0.2) is 53.3 Å². The van der Waals surface area contributed by atoms with Crippen LogP contribution in [-0.2, 0) is 30.4 Å². The van der Waals surface area contributed by atoms with Crippen LogP contribution < -0.4 is 20.7 Å². The Balaban J connectivity index is 1.69. The minimum Gasteiger partial charge on any atom is -0.481 e. The Labute approximate surface area is 254 Å². The highest BCUT2D eigenvalue weighted by atomic mass is 19.2. The lowest BCUT2D eigenvalue weighted by molar-refractivity contribution is -0.141. The van der Waals surface area contributed by atoms with E-state index in [1.54, 1.807) is 24.3 Å². The zero-order valence-corrected chi connectivity index (χ0v) is 24.0. The molecule has 0 unspecified atom stereocenters. The molecule has 0 aliphatic heterocycles. The number of hydrogen-bond acceptors (Lipinski definition) is 6. The van der Waals surface area contributed by atoms with Crippen molar-refractivity contribution in [3.05, 3.63) is 95.1 Å².